The van der Waals surface area contributed by atoms with E-state index in [1.54, 1.807) is 12.1 Å². The van der Waals surface area contributed by atoms with Gasteiger partial charge in [0, 0.05) is 0 Å². The second-order valence-electron chi connectivity index (χ2n) is 2.85. The third-order valence-corrected chi connectivity index (χ3v) is 2.02. The van der Waals surface area contributed by atoms with Crippen LogP contribution >= 0.6 is 0 Å². The average Bonchev–Trinajstić information content (AvgIpc) is 2.17. The van der Waals surface area contributed by atoms with E-state index in [9.17, 15) is 4.79 Å². The summed E-state index contributed by atoms with van der Waals surface area (Å²) in [5.74, 6) is -0.885. The highest BCUT2D eigenvalue weighted by Crippen LogP contribution is 2.13. The van der Waals surface area contributed by atoms with Crippen LogP contribution in [-0.4, -0.2) is 11.1 Å². The van der Waals surface area contributed by atoms with Gasteiger partial charge < -0.3 is 5.11 Å². The van der Waals surface area contributed by atoms with Gasteiger partial charge in [-0.3, -0.25) is 0 Å². The molecule has 2 heteroatoms. The number of carboxylic acid groups (broad SMARTS) is 1. The average molecular weight is 176 g/mol. The topological polar surface area (TPSA) is 37.3 Å². The molecule has 0 aromatic heterocycles. The van der Waals surface area contributed by atoms with E-state index in [4.69, 9.17) is 5.11 Å². The Morgan fingerprint density at radius 2 is 1.69 bits per heavy atom. The van der Waals surface area contributed by atoms with Crippen molar-refractivity contribution in [1.29, 1.82) is 0 Å². The molecule has 0 heterocycles. The number of hydrogen-bond acceptors (Lipinski definition) is 1. The van der Waals surface area contributed by atoms with E-state index >= 15 is 0 Å². The monoisotopic (exact) mass is 176 g/mol. The summed E-state index contributed by atoms with van der Waals surface area (Å²) in [4.78, 5) is 10.5. The summed E-state index contributed by atoms with van der Waals surface area (Å²) < 4.78 is 0. The molecule has 1 aromatic carbocycles. The van der Waals surface area contributed by atoms with Crippen LogP contribution in [0.3, 0.4) is 0 Å². The van der Waals surface area contributed by atoms with Crippen molar-refractivity contribution in [3.8, 4) is 0 Å². The van der Waals surface area contributed by atoms with E-state index in [1.807, 2.05) is 32.1 Å². The minimum absolute atomic E-state index is 0.327. The first-order valence-corrected chi connectivity index (χ1v) is 4.12. The third kappa shape index (κ3) is 2.18. The second kappa shape index (κ2) is 3.90. The first-order valence-electron chi connectivity index (χ1n) is 4.12. The summed E-state index contributed by atoms with van der Waals surface area (Å²) in [6.07, 6.45) is 2.00. The van der Waals surface area contributed by atoms with Gasteiger partial charge in [-0.1, -0.05) is 18.2 Å². The molecule has 1 N–H and O–H groups in total. The lowest BCUT2D eigenvalue weighted by molar-refractivity contribution is 0.0697. The van der Waals surface area contributed by atoms with Gasteiger partial charge in [0.05, 0.1) is 5.56 Å². The zero-order valence-electron chi connectivity index (χ0n) is 7.74. The summed E-state index contributed by atoms with van der Waals surface area (Å²) in [5.41, 5.74) is 2.54. The molecule has 0 saturated heterocycles. The Kier molecular flexibility index (Phi) is 2.85. The zero-order chi connectivity index (χ0) is 9.84. The molecule has 0 aliphatic carbocycles. The van der Waals surface area contributed by atoms with Crippen molar-refractivity contribution in [2.75, 3.05) is 0 Å². The first-order chi connectivity index (χ1) is 6.15. The molecular weight excluding hydrogens is 164 g/mol. The van der Waals surface area contributed by atoms with E-state index in [1.165, 1.54) is 0 Å². The molecule has 2 nitrogen and oxygen atoms in total. The summed E-state index contributed by atoms with van der Waals surface area (Å²) in [6.45, 7) is 3.95. The van der Waals surface area contributed by atoms with Crippen molar-refractivity contribution >= 4 is 11.5 Å². The van der Waals surface area contributed by atoms with E-state index in [2.05, 4.69) is 0 Å². The van der Waals surface area contributed by atoms with Gasteiger partial charge in [-0.2, -0.15) is 0 Å². The van der Waals surface area contributed by atoms with Crippen LogP contribution in [0.5, 0.6) is 0 Å². The minimum Gasteiger partial charge on any atom is -0.478 e. The second-order valence-corrected chi connectivity index (χ2v) is 2.85. The van der Waals surface area contributed by atoms with Gasteiger partial charge >= 0.3 is 5.97 Å². The van der Waals surface area contributed by atoms with Crippen molar-refractivity contribution in [2.24, 2.45) is 0 Å². The molecule has 13 heavy (non-hydrogen) atoms. The predicted molar refractivity (Wildman–Crippen MR) is 52.7 cm³/mol. The van der Waals surface area contributed by atoms with Crippen molar-refractivity contribution < 1.29 is 9.90 Å². The lowest BCUT2D eigenvalue weighted by atomic mass is 10.1. The molecule has 0 radical (unpaired) electrons. The van der Waals surface area contributed by atoms with Crippen molar-refractivity contribution in [3.05, 3.63) is 41.5 Å². The maximum Gasteiger partial charge on any atom is 0.335 e. The number of carbonyl (C=O) groups is 1. The van der Waals surface area contributed by atoms with Gasteiger partial charge in [0.15, 0.2) is 0 Å². The summed E-state index contributed by atoms with van der Waals surface area (Å²) >= 11 is 0. The molecule has 0 fully saturated rings. The molecule has 0 aliphatic heterocycles. The molecule has 68 valence electrons. The molecule has 0 unspecified atom stereocenters. The summed E-state index contributed by atoms with van der Waals surface area (Å²) in [6, 6.07) is 6.87. The number of hydrogen-bond donors (Lipinski definition) is 1. The van der Waals surface area contributed by atoms with E-state index < -0.39 is 5.97 Å². The summed E-state index contributed by atoms with van der Waals surface area (Å²) in [5, 5.41) is 8.66. The Hall–Kier alpha value is -1.57. The Bertz CT molecular complexity index is 334. The SMILES string of the molecule is C/C=C(\C)c1ccc(C(=O)O)cc1. The first kappa shape index (κ1) is 9.52. The van der Waals surface area contributed by atoms with Crippen molar-refractivity contribution in [3.63, 3.8) is 0 Å². The molecule has 0 spiro atoms. The zero-order valence-corrected chi connectivity index (χ0v) is 7.74. The van der Waals surface area contributed by atoms with Gasteiger partial charge in [0.2, 0.25) is 0 Å². The highest BCUT2D eigenvalue weighted by Gasteiger charge is 2.01. The number of benzene rings is 1. The van der Waals surface area contributed by atoms with E-state index in [0.29, 0.717) is 5.56 Å². The lowest BCUT2D eigenvalue weighted by Gasteiger charge is -2.00. The van der Waals surface area contributed by atoms with E-state index in [0.717, 1.165) is 11.1 Å². The number of allylic oxidation sites excluding steroid dienone is 2. The molecule has 0 atom stereocenters. The number of rotatable bonds is 2. The largest absolute Gasteiger partial charge is 0.478 e. The van der Waals surface area contributed by atoms with Crippen LogP contribution in [0.1, 0.15) is 29.8 Å². The normalized spacial score (nSPS) is 11.4. The van der Waals surface area contributed by atoms with Crippen LogP contribution in [-0.2, 0) is 0 Å². The smallest absolute Gasteiger partial charge is 0.335 e. The molecule has 0 amide bonds. The van der Waals surface area contributed by atoms with Crippen LogP contribution in [0, 0.1) is 0 Å². The van der Waals surface area contributed by atoms with Crippen molar-refractivity contribution in [1.82, 2.24) is 0 Å². The fourth-order valence-corrected chi connectivity index (χ4v) is 1.04. The summed E-state index contributed by atoms with van der Waals surface area (Å²) in [7, 11) is 0. The number of carboxylic acids is 1. The maximum atomic E-state index is 10.5. The van der Waals surface area contributed by atoms with Crippen LogP contribution in [0.2, 0.25) is 0 Å². The molecule has 0 aliphatic rings. The molecular formula is C11H12O2. The molecule has 1 aromatic rings. The standard InChI is InChI=1S/C11H12O2/c1-3-8(2)9-4-6-10(7-5-9)11(12)13/h3-7H,1-2H3,(H,12,13)/b8-3+. The molecule has 0 saturated carbocycles. The van der Waals surface area contributed by atoms with Crippen LogP contribution in [0.25, 0.3) is 5.57 Å². The van der Waals surface area contributed by atoms with E-state index in [-0.39, 0.29) is 0 Å². The molecule has 1 rings (SSSR count). The van der Waals surface area contributed by atoms with Gasteiger partial charge in [0.25, 0.3) is 0 Å². The maximum absolute atomic E-state index is 10.5. The van der Waals surface area contributed by atoms with Crippen LogP contribution in [0.15, 0.2) is 30.3 Å². The lowest BCUT2D eigenvalue weighted by Crippen LogP contribution is -1.95. The molecule has 0 bridgehead atoms. The van der Waals surface area contributed by atoms with Gasteiger partial charge in [-0.15, -0.1) is 0 Å². The third-order valence-electron chi connectivity index (χ3n) is 2.02. The fourth-order valence-electron chi connectivity index (χ4n) is 1.04. The fraction of sp³-hybridized carbons (Fsp3) is 0.182. The predicted octanol–water partition coefficient (Wildman–Crippen LogP) is 2.81. The van der Waals surface area contributed by atoms with Gasteiger partial charge in [-0.05, 0) is 37.1 Å². The quantitative estimate of drug-likeness (QED) is 0.752. The highest BCUT2D eigenvalue weighted by atomic mass is 16.4. The Morgan fingerprint density at radius 1 is 1.23 bits per heavy atom. The Balaban J connectivity index is 3.00. The van der Waals surface area contributed by atoms with Crippen LogP contribution < -0.4 is 0 Å². The van der Waals surface area contributed by atoms with Crippen molar-refractivity contribution in [2.45, 2.75) is 13.8 Å². The van der Waals surface area contributed by atoms with Crippen LogP contribution in [0.4, 0.5) is 0 Å². The highest BCUT2D eigenvalue weighted by molar-refractivity contribution is 5.88. The number of aromatic carboxylic acids is 1. The minimum atomic E-state index is -0.885. The van der Waals surface area contributed by atoms with Gasteiger partial charge in [-0.25, -0.2) is 4.79 Å². The Labute approximate surface area is 77.5 Å². The van der Waals surface area contributed by atoms with Gasteiger partial charge in [0.1, 0.15) is 0 Å². The Morgan fingerprint density at radius 3 is 2.08 bits per heavy atom.